The lowest BCUT2D eigenvalue weighted by Crippen LogP contribution is -2.11. The van der Waals surface area contributed by atoms with Crippen molar-refractivity contribution in [1.82, 2.24) is 9.97 Å². The molecule has 4 aromatic rings. The molecule has 1 aromatic heterocycles. The minimum Gasteiger partial charge on any atom is -0.293 e. The van der Waals surface area contributed by atoms with Gasteiger partial charge in [-0.1, -0.05) is 84.1 Å². The Morgan fingerprint density at radius 3 is 2.25 bits per heavy atom. The minimum atomic E-state index is -0.397. The predicted octanol–water partition coefficient (Wildman–Crippen LogP) is 5.96. The maximum Gasteiger partial charge on any atom is 0.189 e. The summed E-state index contributed by atoms with van der Waals surface area (Å²) in [7, 11) is 0. The first-order valence-corrected chi connectivity index (χ1v) is 10.1. The molecule has 0 amide bonds. The normalized spacial score (nSPS) is 12.1. The van der Waals surface area contributed by atoms with Crippen LogP contribution in [0.1, 0.15) is 32.4 Å². The van der Waals surface area contributed by atoms with E-state index in [1.165, 1.54) is 17.3 Å². The molecule has 4 heteroatoms. The molecule has 0 N–H and O–H groups in total. The number of thioether (sulfide) groups is 1. The van der Waals surface area contributed by atoms with Crippen molar-refractivity contribution in [2.45, 2.75) is 24.3 Å². The van der Waals surface area contributed by atoms with Gasteiger partial charge in [0.1, 0.15) is 5.25 Å². The number of rotatable bonds is 5. The zero-order valence-electron chi connectivity index (χ0n) is 15.8. The molecule has 4 rings (SSSR count). The van der Waals surface area contributed by atoms with Crippen molar-refractivity contribution < 1.29 is 4.79 Å². The highest BCUT2D eigenvalue weighted by molar-refractivity contribution is 8.00. The number of benzene rings is 3. The van der Waals surface area contributed by atoms with E-state index in [0.717, 1.165) is 22.2 Å². The van der Waals surface area contributed by atoms with Crippen LogP contribution in [-0.2, 0) is 0 Å². The SMILES string of the molecule is Cc1ccc2nc(S[C@@H](C(=O)c3ccccc3)c3ccccc3)nc(C)c2c1. The third-order valence-corrected chi connectivity index (χ3v) is 5.76. The molecule has 3 aromatic carbocycles. The Bertz CT molecular complexity index is 1130. The molecule has 28 heavy (non-hydrogen) atoms. The van der Waals surface area contributed by atoms with E-state index in [0.29, 0.717) is 10.7 Å². The van der Waals surface area contributed by atoms with E-state index in [1.807, 2.05) is 79.7 Å². The smallest absolute Gasteiger partial charge is 0.189 e. The largest absolute Gasteiger partial charge is 0.293 e. The van der Waals surface area contributed by atoms with Crippen molar-refractivity contribution in [3.05, 3.63) is 101 Å². The first-order chi connectivity index (χ1) is 13.6. The van der Waals surface area contributed by atoms with Crippen LogP contribution in [0.15, 0.2) is 84.0 Å². The molecule has 0 aliphatic rings. The molecule has 0 saturated heterocycles. The van der Waals surface area contributed by atoms with Crippen LogP contribution >= 0.6 is 11.8 Å². The van der Waals surface area contributed by atoms with E-state index in [2.05, 4.69) is 18.0 Å². The second kappa shape index (κ2) is 7.95. The van der Waals surface area contributed by atoms with Crippen LogP contribution in [0.3, 0.4) is 0 Å². The second-order valence-corrected chi connectivity index (χ2v) is 7.82. The minimum absolute atomic E-state index is 0.0575. The van der Waals surface area contributed by atoms with Crippen LogP contribution in [0.5, 0.6) is 0 Å². The Morgan fingerprint density at radius 1 is 0.857 bits per heavy atom. The highest BCUT2D eigenvalue weighted by Gasteiger charge is 2.24. The highest BCUT2D eigenvalue weighted by atomic mass is 32.2. The van der Waals surface area contributed by atoms with Gasteiger partial charge in [-0.15, -0.1) is 0 Å². The molecule has 138 valence electrons. The summed E-state index contributed by atoms with van der Waals surface area (Å²) in [6, 6.07) is 25.4. The van der Waals surface area contributed by atoms with Crippen molar-refractivity contribution in [1.29, 1.82) is 0 Å². The average Bonchev–Trinajstić information content (AvgIpc) is 2.73. The molecule has 3 nitrogen and oxygen atoms in total. The lowest BCUT2D eigenvalue weighted by molar-refractivity contribution is 0.0989. The van der Waals surface area contributed by atoms with Gasteiger partial charge in [-0.2, -0.15) is 0 Å². The number of hydrogen-bond acceptors (Lipinski definition) is 4. The number of aromatic nitrogens is 2. The van der Waals surface area contributed by atoms with Crippen LogP contribution in [0.2, 0.25) is 0 Å². The van der Waals surface area contributed by atoms with Crippen molar-refractivity contribution in [2.75, 3.05) is 0 Å². The van der Waals surface area contributed by atoms with E-state index in [9.17, 15) is 4.79 Å². The highest BCUT2D eigenvalue weighted by Crippen LogP contribution is 2.37. The number of ketones is 1. The third-order valence-electron chi connectivity index (χ3n) is 4.64. The molecule has 0 saturated carbocycles. The summed E-state index contributed by atoms with van der Waals surface area (Å²) < 4.78 is 0. The molecule has 1 atom stereocenters. The van der Waals surface area contributed by atoms with E-state index in [1.54, 1.807) is 0 Å². The van der Waals surface area contributed by atoms with Gasteiger partial charge in [0, 0.05) is 16.6 Å². The van der Waals surface area contributed by atoms with Crippen molar-refractivity contribution in [3.63, 3.8) is 0 Å². The first-order valence-electron chi connectivity index (χ1n) is 9.18. The number of carbonyl (C=O) groups is 1. The standard InChI is InChI=1S/C24H20N2OS/c1-16-13-14-21-20(15-16)17(2)25-24(26-21)28-23(19-11-7-4-8-12-19)22(27)18-9-5-3-6-10-18/h3-15,23H,1-2H3/t23-/m1/s1. The molecular formula is C24H20N2OS. The fraction of sp³-hybridized carbons (Fsp3) is 0.125. The van der Waals surface area contributed by atoms with Crippen molar-refractivity contribution in [2.24, 2.45) is 0 Å². The van der Waals surface area contributed by atoms with E-state index in [4.69, 9.17) is 4.98 Å². The molecule has 0 aliphatic carbocycles. The van der Waals surface area contributed by atoms with E-state index < -0.39 is 5.25 Å². The summed E-state index contributed by atoms with van der Waals surface area (Å²) in [6.45, 7) is 4.05. The first kappa shape index (κ1) is 18.4. The van der Waals surface area contributed by atoms with Gasteiger partial charge in [-0.05, 0) is 31.5 Å². The van der Waals surface area contributed by atoms with Crippen molar-refractivity contribution >= 4 is 28.4 Å². The van der Waals surface area contributed by atoms with Crippen LogP contribution < -0.4 is 0 Å². The Kier molecular flexibility index (Phi) is 5.22. The maximum atomic E-state index is 13.3. The molecule has 0 aliphatic heterocycles. The number of carbonyl (C=O) groups excluding carboxylic acids is 1. The van der Waals surface area contributed by atoms with Gasteiger partial charge in [0.2, 0.25) is 0 Å². The summed E-state index contributed by atoms with van der Waals surface area (Å²) in [5.74, 6) is 0.0575. The number of Topliss-reactive ketones (excluding diaryl/α,β-unsaturated/α-hetero) is 1. The molecule has 0 unspecified atom stereocenters. The van der Waals surface area contributed by atoms with Gasteiger partial charge in [-0.25, -0.2) is 9.97 Å². The molecule has 0 fully saturated rings. The number of fused-ring (bicyclic) bond motifs is 1. The Hall–Kier alpha value is -2.98. The second-order valence-electron chi connectivity index (χ2n) is 6.75. The molecular weight excluding hydrogens is 364 g/mol. The zero-order chi connectivity index (χ0) is 19.5. The fourth-order valence-corrected chi connectivity index (χ4v) is 4.27. The molecule has 1 heterocycles. The Labute approximate surface area is 168 Å². The summed E-state index contributed by atoms with van der Waals surface area (Å²) in [5.41, 5.74) is 4.65. The van der Waals surface area contributed by atoms with Crippen molar-refractivity contribution in [3.8, 4) is 0 Å². The number of hydrogen-bond donors (Lipinski definition) is 0. The fourth-order valence-electron chi connectivity index (χ4n) is 3.18. The quantitative estimate of drug-likeness (QED) is 0.242. The maximum absolute atomic E-state index is 13.3. The van der Waals surface area contributed by atoms with Gasteiger partial charge < -0.3 is 0 Å². The van der Waals surface area contributed by atoms with E-state index >= 15 is 0 Å². The average molecular weight is 385 g/mol. The van der Waals surface area contributed by atoms with Crippen LogP contribution in [0.25, 0.3) is 10.9 Å². The topological polar surface area (TPSA) is 42.9 Å². The number of nitrogens with zero attached hydrogens (tertiary/aromatic N) is 2. The van der Waals surface area contributed by atoms with Gasteiger partial charge in [0.25, 0.3) is 0 Å². The van der Waals surface area contributed by atoms with Gasteiger partial charge >= 0.3 is 0 Å². The molecule has 0 radical (unpaired) electrons. The monoisotopic (exact) mass is 384 g/mol. The van der Waals surface area contributed by atoms with Crippen LogP contribution in [0, 0.1) is 13.8 Å². The van der Waals surface area contributed by atoms with Crippen LogP contribution in [0.4, 0.5) is 0 Å². The number of aryl methyl sites for hydroxylation is 2. The van der Waals surface area contributed by atoms with Gasteiger partial charge in [0.15, 0.2) is 10.9 Å². The Morgan fingerprint density at radius 2 is 1.54 bits per heavy atom. The van der Waals surface area contributed by atoms with E-state index in [-0.39, 0.29) is 5.78 Å². The van der Waals surface area contributed by atoms with Gasteiger partial charge in [-0.3, -0.25) is 4.79 Å². The summed E-state index contributed by atoms with van der Waals surface area (Å²) in [6.07, 6.45) is 0. The van der Waals surface area contributed by atoms with Crippen LogP contribution in [-0.4, -0.2) is 15.8 Å². The lowest BCUT2D eigenvalue weighted by atomic mass is 10.0. The zero-order valence-corrected chi connectivity index (χ0v) is 16.6. The summed E-state index contributed by atoms with van der Waals surface area (Å²) in [4.78, 5) is 22.7. The lowest BCUT2D eigenvalue weighted by Gasteiger charge is -2.16. The molecule has 0 spiro atoms. The predicted molar refractivity (Wildman–Crippen MR) is 115 cm³/mol. The molecule has 0 bridgehead atoms. The Balaban J connectivity index is 1.75. The third kappa shape index (κ3) is 3.82. The summed E-state index contributed by atoms with van der Waals surface area (Å²) in [5, 5.41) is 1.27. The van der Waals surface area contributed by atoms with Gasteiger partial charge in [0.05, 0.1) is 5.52 Å². The summed E-state index contributed by atoms with van der Waals surface area (Å²) >= 11 is 1.41.